The molecule has 2 aromatic rings. The summed E-state index contributed by atoms with van der Waals surface area (Å²) in [6.07, 6.45) is 0.408. The lowest BCUT2D eigenvalue weighted by atomic mass is 10.1. The fraction of sp³-hybridized carbons (Fsp3) is 0.125. The van der Waals surface area contributed by atoms with Gasteiger partial charge in [-0.1, -0.05) is 35.3 Å². The zero-order chi connectivity index (χ0) is 19.3. The standard InChI is InChI=1S/C16H15Cl2N3O4S/c17-11-3-6-14(13(18)9-11)21-16(23)15(22)20-8-7-10-1-4-12(5-2-10)26(19,24)25/h1-6,9H,7-8H2,(H,20,22)(H,21,23)(H2,19,24,25). The summed E-state index contributed by atoms with van der Waals surface area (Å²) in [4.78, 5) is 23.7. The van der Waals surface area contributed by atoms with Crippen LogP contribution in [0.25, 0.3) is 0 Å². The molecule has 26 heavy (non-hydrogen) atoms. The van der Waals surface area contributed by atoms with Crippen LogP contribution in [0.2, 0.25) is 10.0 Å². The Kier molecular flexibility index (Phi) is 6.60. The van der Waals surface area contributed by atoms with Crippen molar-refractivity contribution in [1.82, 2.24) is 5.32 Å². The number of hydrogen-bond acceptors (Lipinski definition) is 4. The van der Waals surface area contributed by atoms with Gasteiger partial charge in [0.05, 0.1) is 15.6 Å². The number of halogens is 2. The third kappa shape index (κ3) is 5.70. The number of nitrogens with two attached hydrogens (primary N) is 1. The Balaban J connectivity index is 1.85. The minimum absolute atomic E-state index is 0.00417. The molecule has 0 saturated carbocycles. The van der Waals surface area contributed by atoms with Crippen LogP contribution in [-0.2, 0) is 26.0 Å². The van der Waals surface area contributed by atoms with Crippen molar-refractivity contribution in [3.8, 4) is 0 Å². The largest absolute Gasteiger partial charge is 0.347 e. The lowest BCUT2D eigenvalue weighted by molar-refractivity contribution is -0.136. The molecular weight excluding hydrogens is 401 g/mol. The van der Waals surface area contributed by atoms with Crippen LogP contribution >= 0.6 is 23.2 Å². The molecule has 0 aliphatic rings. The molecule has 2 amide bonds. The topological polar surface area (TPSA) is 118 Å². The van der Waals surface area contributed by atoms with Crippen molar-refractivity contribution in [1.29, 1.82) is 0 Å². The molecule has 138 valence electrons. The maximum atomic E-state index is 11.9. The van der Waals surface area contributed by atoms with E-state index in [0.717, 1.165) is 5.56 Å². The first kappa shape index (κ1) is 20.2. The van der Waals surface area contributed by atoms with Gasteiger partial charge in [0.15, 0.2) is 0 Å². The summed E-state index contributed by atoms with van der Waals surface area (Å²) in [6.45, 7) is 0.190. The smallest absolute Gasteiger partial charge is 0.313 e. The molecule has 0 spiro atoms. The molecule has 10 heteroatoms. The SMILES string of the molecule is NS(=O)(=O)c1ccc(CCNC(=O)C(=O)Nc2ccc(Cl)cc2Cl)cc1. The quantitative estimate of drug-likeness (QED) is 0.646. The number of nitrogens with one attached hydrogen (secondary N) is 2. The van der Waals surface area contributed by atoms with Crippen molar-refractivity contribution in [3.63, 3.8) is 0 Å². The van der Waals surface area contributed by atoms with Gasteiger partial charge in [0.25, 0.3) is 0 Å². The van der Waals surface area contributed by atoms with Crippen LogP contribution in [0.4, 0.5) is 5.69 Å². The van der Waals surface area contributed by atoms with Crippen LogP contribution in [0.15, 0.2) is 47.4 Å². The summed E-state index contributed by atoms with van der Waals surface area (Å²) < 4.78 is 22.3. The van der Waals surface area contributed by atoms with Gasteiger partial charge in [-0.25, -0.2) is 13.6 Å². The second kappa shape index (κ2) is 8.50. The monoisotopic (exact) mass is 415 g/mol. The molecule has 7 nitrogen and oxygen atoms in total. The summed E-state index contributed by atoms with van der Waals surface area (Å²) in [5.41, 5.74) is 1.05. The van der Waals surface area contributed by atoms with Gasteiger partial charge >= 0.3 is 11.8 Å². The lowest BCUT2D eigenvalue weighted by Gasteiger charge is -2.08. The highest BCUT2D eigenvalue weighted by molar-refractivity contribution is 7.89. The third-order valence-electron chi connectivity index (χ3n) is 3.34. The number of benzene rings is 2. The second-order valence-electron chi connectivity index (χ2n) is 5.27. The molecule has 4 N–H and O–H groups in total. The molecule has 2 aromatic carbocycles. The zero-order valence-corrected chi connectivity index (χ0v) is 15.7. The molecule has 2 rings (SSSR count). The number of amides is 2. The van der Waals surface area contributed by atoms with E-state index in [4.69, 9.17) is 28.3 Å². The molecule has 0 aliphatic carbocycles. The maximum Gasteiger partial charge on any atom is 0.313 e. The first-order valence-corrected chi connectivity index (χ1v) is 9.63. The molecule has 0 saturated heterocycles. The molecule has 0 unspecified atom stereocenters. The van der Waals surface area contributed by atoms with Crippen LogP contribution in [0.3, 0.4) is 0 Å². The van der Waals surface area contributed by atoms with Crippen LogP contribution in [0.5, 0.6) is 0 Å². The Morgan fingerprint density at radius 3 is 2.23 bits per heavy atom. The van der Waals surface area contributed by atoms with Gasteiger partial charge in [-0.15, -0.1) is 0 Å². The molecule has 0 atom stereocenters. The van der Waals surface area contributed by atoms with E-state index in [1.807, 2.05) is 0 Å². The molecule has 0 bridgehead atoms. The van der Waals surface area contributed by atoms with Crippen molar-refractivity contribution in [2.24, 2.45) is 5.14 Å². The van der Waals surface area contributed by atoms with Crippen molar-refractivity contribution in [3.05, 3.63) is 58.1 Å². The predicted molar refractivity (Wildman–Crippen MR) is 99.6 cm³/mol. The Labute approximate surface area is 160 Å². The highest BCUT2D eigenvalue weighted by atomic mass is 35.5. The minimum atomic E-state index is -3.74. The number of anilines is 1. The summed E-state index contributed by atoms with van der Waals surface area (Å²) in [7, 11) is -3.74. The van der Waals surface area contributed by atoms with Gasteiger partial charge in [0.2, 0.25) is 10.0 Å². The van der Waals surface area contributed by atoms with E-state index in [0.29, 0.717) is 11.4 Å². The molecular formula is C16H15Cl2N3O4S. The van der Waals surface area contributed by atoms with E-state index in [9.17, 15) is 18.0 Å². The van der Waals surface area contributed by atoms with Gasteiger partial charge in [0.1, 0.15) is 0 Å². The average molecular weight is 416 g/mol. The first-order valence-electron chi connectivity index (χ1n) is 7.33. The predicted octanol–water partition coefficient (Wildman–Crippen LogP) is 1.94. The number of carbonyl (C=O) groups excluding carboxylic acids is 2. The number of primary sulfonamides is 1. The third-order valence-corrected chi connectivity index (χ3v) is 4.81. The first-order chi connectivity index (χ1) is 12.2. The number of rotatable bonds is 5. The van der Waals surface area contributed by atoms with Gasteiger partial charge in [-0.3, -0.25) is 9.59 Å². The Hall–Kier alpha value is -2.13. The number of sulfonamides is 1. The Morgan fingerprint density at radius 1 is 1.00 bits per heavy atom. The molecule has 0 aliphatic heterocycles. The van der Waals surface area contributed by atoms with Crippen LogP contribution in [0.1, 0.15) is 5.56 Å². The lowest BCUT2D eigenvalue weighted by Crippen LogP contribution is -2.36. The van der Waals surface area contributed by atoms with Crippen LogP contribution < -0.4 is 15.8 Å². The van der Waals surface area contributed by atoms with Gasteiger partial charge in [-0.2, -0.15) is 0 Å². The summed E-state index contributed by atoms with van der Waals surface area (Å²) >= 11 is 11.7. The van der Waals surface area contributed by atoms with E-state index < -0.39 is 21.8 Å². The highest BCUT2D eigenvalue weighted by Gasteiger charge is 2.15. The minimum Gasteiger partial charge on any atom is -0.347 e. The number of carbonyl (C=O) groups is 2. The fourth-order valence-electron chi connectivity index (χ4n) is 2.02. The molecule has 0 radical (unpaired) electrons. The van der Waals surface area contributed by atoms with E-state index in [2.05, 4.69) is 10.6 Å². The van der Waals surface area contributed by atoms with Crippen LogP contribution in [-0.4, -0.2) is 26.8 Å². The summed E-state index contributed by atoms with van der Waals surface area (Å²) in [6, 6.07) is 10.4. The van der Waals surface area contributed by atoms with Crippen molar-refractivity contribution < 1.29 is 18.0 Å². The van der Waals surface area contributed by atoms with E-state index >= 15 is 0 Å². The summed E-state index contributed by atoms with van der Waals surface area (Å²) in [5, 5.41) is 10.5. The molecule has 0 heterocycles. The van der Waals surface area contributed by atoms with E-state index in [-0.39, 0.29) is 22.2 Å². The summed E-state index contributed by atoms with van der Waals surface area (Å²) in [5.74, 6) is -1.68. The van der Waals surface area contributed by atoms with Gasteiger partial charge in [-0.05, 0) is 42.3 Å². The number of hydrogen-bond donors (Lipinski definition) is 3. The zero-order valence-electron chi connectivity index (χ0n) is 13.3. The Bertz CT molecular complexity index is 931. The maximum absolute atomic E-state index is 11.9. The van der Waals surface area contributed by atoms with E-state index in [1.165, 1.54) is 30.3 Å². The van der Waals surface area contributed by atoms with Gasteiger partial charge in [0, 0.05) is 11.6 Å². The van der Waals surface area contributed by atoms with Crippen molar-refractivity contribution >= 4 is 50.7 Å². The highest BCUT2D eigenvalue weighted by Crippen LogP contribution is 2.25. The van der Waals surface area contributed by atoms with Gasteiger partial charge < -0.3 is 10.6 Å². The van der Waals surface area contributed by atoms with Crippen LogP contribution in [0, 0.1) is 0 Å². The van der Waals surface area contributed by atoms with Crippen molar-refractivity contribution in [2.45, 2.75) is 11.3 Å². The normalized spacial score (nSPS) is 11.0. The molecule has 0 aromatic heterocycles. The molecule has 0 fully saturated rings. The Morgan fingerprint density at radius 2 is 1.65 bits per heavy atom. The average Bonchev–Trinajstić information content (AvgIpc) is 2.57. The van der Waals surface area contributed by atoms with E-state index in [1.54, 1.807) is 12.1 Å². The van der Waals surface area contributed by atoms with Crippen molar-refractivity contribution in [2.75, 3.05) is 11.9 Å². The second-order valence-corrected chi connectivity index (χ2v) is 7.68. The fourth-order valence-corrected chi connectivity index (χ4v) is 2.99.